The van der Waals surface area contributed by atoms with E-state index in [1.807, 2.05) is 0 Å². The molecule has 32 heavy (non-hydrogen) atoms. The van der Waals surface area contributed by atoms with E-state index in [0.29, 0.717) is 16.8 Å². The number of rotatable bonds is 7. The Morgan fingerprint density at radius 1 is 1.00 bits per heavy atom. The molecule has 3 aromatic rings. The van der Waals surface area contributed by atoms with Gasteiger partial charge in [-0.25, -0.2) is 4.79 Å². The Kier molecular flexibility index (Phi) is 6.97. The molecule has 0 spiro atoms. The summed E-state index contributed by atoms with van der Waals surface area (Å²) >= 11 is 5.80. The van der Waals surface area contributed by atoms with Gasteiger partial charge in [-0.3, -0.25) is 19.7 Å². The summed E-state index contributed by atoms with van der Waals surface area (Å²) in [6.45, 7) is 1.40. The summed E-state index contributed by atoms with van der Waals surface area (Å²) in [4.78, 5) is 48.0. The molecule has 0 aliphatic rings. The number of esters is 1. The molecule has 0 saturated carbocycles. The highest BCUT2D eigenvalue weighted by molar-refractivity contribution is 6.31. The van der Waals surface area contributed by atoms with E-state index < -0.39 is 28.6 Å². The van der Waals surface area contributed by atoms with Gasteiger partial charge in [0.1, 0.15) is 5.56 Å². The van der Waals surface area contributed by atoms with Gasteiger partial charge in [-0.15, -0.1) is 0 Å². The SMILES string of the molecule is CC(=O)c1cccc(NC(=O)C(OC(=O)c2ccc(Cl)cc2[N+](=O)[O-])c2ccccc2)c1. The second-order valence-electron chi connectivity index (χ2n) is 6.74. The molecule has 0 saturated heterocycles. The Balaban J connectivity index is 1.92. The molecule has 3 rings (SSSR count). The smallest absolute Gasteiger partial charge is 0.346 e. The van der Waals surface area contributed by atoms with E-state index in [4.69, 9.17) is 16.3 Å². The number of nitro benzene ring substituents is 1. The van der Waals surface area contributed by atoms with Gasteiger partial charge >= 0.3 is 5.97 Å². The topological polar surface area (TPSA) is 116 Å². The van der Waals surface area contributed by atoms with Crippen LogP contribution in [0.3, 0.4) is 0 Å². The fourth-order valence-electron chi connectivity index (χ4n) is 2.92. The van der Waals surface area contributed by atoms with E-state index in [9.17, 15) is 24.5 Å². The molecule has 0 aliphatic heterocycles. The summed E-state index contributed by atoms with van der Waals surface area (Å²) in [6.07, 6.45) is -1.40. The summed E-state index contributed by atoms with van der Waals surface area (Å²) in [6, 6.07) is 18.0. The minimum Gasteiger partial charge on any atom is -0.443 e. The molecule has 1 unspecified atom stereocenters. The maximum Gasteiger partial charge on any atom is 0.346 e. The third-order valence-electron chi connectivity index (χ3n) is 4.48. The second kappa shape index (κ2) is 9.84. The monoisotopic (exact) mass is 452 g/mol. The first kappa shape index (κ1) is 22.6. The molecule has 8 nitrogen and oxygen atoms in total. The van der Waals surface area contributed by atoms with Crippen LogP contribution in [0.5, 0.6) is 0 Å². The molecule has 0 aromatic heterocycles. The number of nitrogens with zero attached hydrogens (tertiary/aromatic N) is 1. The summed E-state index contributed by atoms with van der Waals surface area (Å²) in [5.74, 6) is -1.93. The van der Waals surface area contributed by atoms with Gasteiger partial charge in [0.05, 0.1) is 4.92 Å². The molecule has 3 aromatic carbocycles. The van der Waals surface area contributed by atoms with Crippen LogP contribution in [-0.4, -0.2) is 22.6 Å². The van der Waals surface area contributed by atoms with Gasteiger partial charge in [-0.05, 0) is 31.2 Å². The zero-order valence-electron chi connectivity index (χ0n) is 16.8. The Morgan fingerprint density at radius 3 is 2.38 bits per heavy atom. The van der Waals surface area contributed by atoms with Crippen molar-refractivity contribution in [1.82, 2.24) is 0 Å². The Morgan fingerprint density at radius 2 is 1.72 bits per heavy atom. The number of ether oxygens (including phenoxy) is 1. The standard InChI is InChI=1S/C23H17ClN2O6/c1-14(27)16-8-5-9-18(12-16)25-22(28)21(15-6-3-2-4-7-15)32-23(29)19-11-10-17(24)13-20(19)26(30)31/h2-13,21H,1H3,(H,25,28). The van der Waals surface area contributed by atoms with Crippen LogP contribution in [0.2, 0.25) is 5.02 Å². The van der Waals surface area contributed by atoms with Crippen LogP contribution in [0.1, 0.15) is 39.3 Å². The Labute approximate surface area is 187 Å². The molecule has 1 N–H and O–H groups in total. The number of benzene rings is 3. The number of carbonyl (C=O) groups excluding carboxylic acids is 3. The number of amides is 1. The number of hydrogen-bond acceptors (Lipinski definition) is 6. The van der Waals surface area contributed by atoms with Gasteiger partial charge in [-0.1, -0.05) is 54.1 Å². The molecule has 0 aliphatic carbocycles. The zero-order valence-corrected chi connectivity index (χ0v) is 17.5. The molecular weight excluding hydrogens is 436 g/mol. The average Bonchev–Trinajstić information content (AvgIpc) is 2.77. The number of anilines is 1. The van der Waals surface area contributed by atoms with Gasteiger partial charge in [0.15, 0.2) is 5.78 Å². The lowest BCUT2D eigenvalue weighted by Crippen LogP contribution is -2.26. The van der Waals surface area contributed by atoms with E-state index in [0.717, 1.165) is 6.07 Å². The highest BCUT2D eigenvalue weighted by Gasteiger charge is 2.29. The predicted octanol–water partition coefficient (Wildman–Crippen LogP) is 4.99. The lowest BCUT2D eigenvalue weighted by atomic mass is 10.1. The summed E-state index contributed by atoms with van der Waals surface area (Å²) in [5, 5.41) is 14.0. The van der Waals surface area contributed by atoms with Crippen LogP contribution < -0.4 is 5.32 Å². The maximum atomic E-state index is 13.0. The van der Waals surface area contributed by atoms with Crippen LogP contribution in [-0.2, 0) is 9.53 Å². The fraction of sp³-hybridized carbons (Fsp3) is 0.0870. The van der Waals surface area contributed by atoms with Gasteiger partial charge in [0.2, 0.25) is 6.10 Å². The van der Waals surface area contributed by atoms with Crippen molar-refractivity contribution in [3.05, 3.63) is 105 Å². The van der Waals surface area contributed by atoms with Gasteiger partial charge in [-0.2, -0.15) is 0 Å². The summed E-state index contributed by atoms with van der Waals surface area (Å²) in [5.41, 5.74) is 0.207. The zero-order chi connectivity index (χ0) is 23.3. The van der Waals surface area contributed by atoms with Crippen molar-refractivity contribution in [3.63, 3.8) is 0 Å². The fourth-order valence-corrected chi connectivity index (χ4v) is 3.09. The number of halogens is 1. The molecule has 0 radical (unpaired) electrons. The number of nitro groups is 1. The minimum atomic E-state index is -1.40. The first-order valence-electron chi connectivity index (χ1n) is 9.38. The number of Topliss-reactive ketones (excluding diaryl/α,β-unsaturated/α-hetero) is 1. The summed E-state index contributed by atoms with van der Waals surface area (Å²) < 4.78 is 5.40. The molecule has 9 heteroatoms. The molecule has 1 atom stereocenters. The van der Waals surface area contributed by atoms with Crippen LogP contribution >= 0.6 is 11.6 Å². The van der Waals surface area contributed by atoms with Gasteiger partial charge < -0.3 is 10.1 Å². The molecule has 162 valence electrons. The average molecular weight is 453 g/mol. The molecular formula is C23H17ClN2O6. The summed E-state index contributed by atoms with van der Waals surface area (Å²) in [7, 11) is 0. The van der Waals surface area contributed by atoms with Crippen molar-refractivity contribution < 1.29 is 24.0 Å². The quantitative estimate of drug-likeness (QED) is 0.234. The number of ketones is 1. The van der Waals surface area contributed by atoms with Crippen LogP contribution in [0.25, 0.3) is 0 Å². The lowest BCUT2D eigenvalue weighted by molar-refractivity contribution is -0.385. The van der Waals surface area contributed by atoms with E-state index in [1.54, 1.807) is 48.5 Å². The molecule has 0 heterocycles. The second-order valence-corrected chi connectivity index (χ2v) is 7.18. The van der Waals surface area contributed by atoms with E-state index in [-0.39, 0.29) is 16.4 Å². The maximum absolute atomic E-state index is 13.0. The third-order valence-corrected chi connectivity index (χ3v) is 4.71. The van der Waals surface area contributed by atoms with E-state index >= 15 is 0 Å². The van der Waals surface area contributed by atoms with Crippen molar-refractivity contribution in [2.45, 2.75) is 13.0 Å². The van der Waals surface area contributed by atoms with Crippen LogP contribution in [0.15, 0.2) is 72.8 Å². The predicted molar refractivity (Wildman–Crippen MR) is 118 cm³/mol. The van der Waals surface area contributed by atoms with Crippen LogP contribution in [0, 0.1) is 10.1 Å². The largest absolute Gasteiger partial charge is 0.443 e. The lowest BCUT2D eigenvalue weighted by Gasteiger charge is -2.18. The highest BCUT2D eigenvalue weighted by atomic mass is 35.5. The Bertz CT molecular complexity index is 1200. The normalized spacial score (nSPS) is 11.3. The number of carbonyl (C=O) groups is 3. The van der Waals surface area contributed by atoms with E-state index in [1.165, 1.54) is 25.1 Å². The van der Waals surface area contributed by atoms with Crippen molar-refractivity contribution >= 4 is 40.6 Å². The van der Waals surface area contributed by atoms with Crippen molar-refractivity contribution in [2.75, 3.05) is 5.32 Å². The van der Waals surface area contributed by atoms with Gasteiger partial charge in [0.25, 0.3) is 11.6 Å². The molecule has 1 amide bonds. The molecule has 0 bridgehead atoms. The van der Waals surface area contributed by atoms with Gasteiger partial charge in [0, 0.05) is 27.9 Å². The molecule has 0 fully saturated rings. The van der Waals surface area contributed by atoms with E-state index in [2.05, 4.69) is 5.32 Å². The first-order valence-corrected chi connectivity index (χ1v) is 9.76. The first-order chi connectivity index (χ1) is 15.3. The number of hydrogen-bond donors (Lipinski definition) is 1. The van der Waals surface area contributed by atoms with Crippen molar-refractivity contribution in [1.29, 1.82) is 0 Å². The Hall–Kier alpha value is -4.04. The van der Waals surface area contributed by atoms with Crippen molar-refractivity contribution in [3.8, 4) is 0 Å². The minimum absolute atomic E-state index is 0.0796. The third kappa shape index (κ3) is 5.35. The highest BCUT2D eigenvalue weighted by Crippen LogP contribution is 2.27. The van der Waals surface area contributed by atoms with Crippen LogP contribution in [0.4, 0.5) is 11.4 Å². The van der Waals surface area contributed by atoms with Crippen molar-refractivity contribution in [2.24, 2.45) is 0 Å². The number of nitrogens with one attached hydrogen (secondary N) is 1.